The summed E-state index contributed by atoms with van der Waals surface area (Å²) >= 11 is 0. The molecule has 2 aromatic carbocycles. The van der Waals surface area contributed by atoms with Crippen molar-refractivity contribution in [2.75, 3.05) is 5.32 Å². The van der Waals surface area contributed by atoms with Gasteiger partial charge in [-0.3, -0.25) is 4.79 Å². The summed E-state index contributed by atoms with van der Waals surface area (Å²) in [5.74, 6) is -1.12. The number of ether oxygens (including phenoxy) is 1. The highest BCUT2D eigenvalue weighted by molar-refractivity contribution is 5.91. The molecule has 0 saturated carbocycles. The molecule has 29 heavy (non-hydrogen) atoms. The Morgan fingerprint density at radius 2 is 1.62 bits per heavy atom. The van der Waals surface area contributed by atoms with Crippen molar-refractivity contribution in [2.24, 2.45) is 0 Å². The van der Waals surface area contributed by atoms with E-state index in [9.17, 15) is 31.1 Å². The molecular weight excluding hydrogens is 400 g/mol. The van der Waals surface area contributed by atoms with Crippen LogP contribution in [0.1, 0.15) is 42.5 Å². The number of halogens is 6. The van der Waals surface area contributed by atoms with Crippen LogP contribution >= 0.6 is 0 Å². The summed E-state index contributed by atoms with van der Waals surface area (Å²) in [5, 5.41) is 2.33. The van der Waals surface area contributed by atoms with Crippen LogP contribution in [0.3, 0.4) is 0 Å². The molecule has 0 unspecified atom stereocenters. The van der Waals surface area contributed by atoms with Gasteiger partial charge < -0.3 is 10.1 Å². The van der Waals surface area contributed by atoms with Crippen molar-refractivity contribution in [3.8, 4) is 5.75 Å². The van der Waals surface area contributed by atoms with Crippen molar-refractivity contribution >= 4 is 11.6 Å². The van der Waals surface area contributed by atoms with E-state index in [0.717, 1.165) is 24.3 Å². The molecule has 0 fully saturated rings. The van der Waals surface area contributed by atoms with Crippen molar-refractivity contribution in [3.63, 3.8) is 0 Å². The van der Waals surface area contributed by atoms with Gasteiger partial charge in [0.2, 0.25) is 5.91 Å². The van der Waals surface area contributed by atoms with Gasteiger partial charge in [-0.05, 0) is 36.2 Å². The zero-order chi connectivity index (χ0) is 21.8. The molecule has 0 bridgehead atoms. The van der Waals surface area contributed by atoms with Crippen molar-refractivity contribution in [3.05, 3.63) is 58.7 Å². The Kier molecular flexibility index (Phi) is 6.81. The van der Waals surface area contributed by atoms with Gasteiger partial charge >= 0.3 is 12.4 Å². The fraction of sp³-hybridized carbons (Fsp3) is 0.350. The van der Waals surface area contributed by atoms with E-state index in [1.54, 1.807) is 6.92 Å². The Bertz CT molecular complexity index is 874. The first-order valence-electron chi connectivity index (χ1n) is 8.79. The molecule has 0 aromatic heterocycles. The third kappa shape index (κ3) is 5.65. The van der Waals surface area contributed by atoms with Crippen molar-refractivity contribution in [1.29, 1.82) is 0 Å². The summed E-state index contributed by atoms with van der Waals surface area (Å²) in [6.45, 7) is 2.39. The lowest BCUT2D eigenvalue weighted by atomic mass is 10.0. The minimum absolute atomic E-state index is 0.0211. The average molecular weight is 419 g/mol. The van der Waals surface area contributed by atoms with E-state index in [2.05, 4.69) is 5.32 Å². The van der Waals surface area contributed by atoms with Gasteiger partial charge in [-0.2, -0.15) is 26.3 Å². The number of hydrogen-bond acceptors (Lipinski definition) is 2. The quantitative estimate of drug-likeness (QED) is 0.565. The van der Waals surface area contributed by atoms with Crippen LogP contribution < -0.4 is 10.1 Å². The fourth-order valence-electron chi connectivity index (χ4n) is 2.66. The molecule has 0 radical (unpaired) electrons. The maximum absolute atomic E-state index is 13.4. The summed E-state index contributed by atoms with van der Waals surface area (Å²) in [7, 11) is 0. The number of carbonyl (C=O) groups is 1. The number of amides is 1. The monoisotopic (exact) mass is 419 g/mol. The number of carbonyl (C=O) groups excluding carboxylic acids is 1. The lowest BCUT2D eigenvalue weighted by molar-refractivity contribution is -0.140. The summed E-state index contributed by atoms with van der Waals surface area (Å²) in [5.41, 5.74) is -2.36. The highest BCUT2D eigenvalue weighted by Gasteiger charge is 2.36. The number of benzene rings is 2. The van der Waals surface area contributed by atoms with E-state index in [4.69, 9.17) is 4.74 Å². The Morgan fingerprint density at radius 3 is 2.17 bits per heavy atom. The molecule has 1 N–H and O–H groups in total. The number of anilines is 1. The Hall–Kier alpha value is -2.71. The van der Waals surface area contributed by atoms with Crippen LogP contribution in [0.25, 0.3) is 0 Å². The van der Waals surface area contributed by atoms with Crippen LogP contribution in [-0.2, 0) is 30.2 Å². The zero-order valence-electron chi connectivity index (χ0n) is 15.7. The summed E-state index contributed by atoms with van der Waals surface area (Å²) in [6, 6.07) is 6.54. The van der Waals surface area contributed by atoms with E-state index in [-0.39, 0.29) is 12.1 Å². The number of rotatable bonds is 6. The highest BCUT2D eigenvalue weighted by Crippen LogP contribution is 2.39. The van der Waals surface area contributed by atoms with Gasteiger partial charge in [0.05, 0.1) is 11.1 Å². The van der Waals surface area contributed by atoms with Crippen LogP contribution in [0.15, 0.2) is 36.4 Å². The lowest BCUT2D eigenvalue weighted by Crippen LogP contribution is -2.17. The topological polar surface area (TPSA) is 38.3 Å². The molecule has 9 heteroatoms. The van der Waals surface area contributed by atoms with Crippen LogP contribution in [0.4, 0.5) is 32.0 Å². The van der Waals surface area contributed by atoms with E-state index in [1.807, 2.05) is 0 Å². The Labute approximate surface area is 163 Å². The van der Waals surface area contributed by atoms with Crippen molar-refractivity contribution in [2.45, 2.75) is 45.6 Å². The van der Waals surface area contributed by atoms with E-state index >= 15 is 0 Å². The molecular formula is C20H19F6NO2. The highest BCUT2D eigenvalue weighted by atomic mass is 19.4. The molecule has 0 spiro atoms. The van der Waals surface area contributed by atoms with Gasteiger partial charge in [0.25, 0.3) is 0 Å². The smallest absolute Gasteiger partial charge is 0.419 e. The maximum atomic E-state index is 13.4. The van der Waals surface area contributed by atoms with Crippen molar-refractivity contribution < 1.29 is 35.9 Å². The van der Waals surface area contributed by atoms with Gasteiger partial charge in [-0.1, -0.05) is 26.0 Å². The van der Waals surface area contributed by atoms with Gasteiger partial charge in [0.1, 0.15) is 12.4 Å². The number of nitrogens with one attached hydrogen (secondary N) is 1. The second-order valence-electron chi connectivity index (χ2n) is 6.20. The third-order valence-electron chi connectivity index (χ3n) is 4.21. The van der Waals surface area contributed by atoms with Gasteiger partial charge in [0, 0.05) is 17.7 Å². The molecule has 0 atom stereocenters. The van der Waals surface area contributed by atoms with Gasteiger partial charge in [0.15, 0.2) is 0 Å². The lowest BCUT2D eigenvalue weighted by Gasteiger charge is -2.20. The minimum Gasteiger partial charge on any atom is -0.488 e. The third-order valence-corrected chi connectivity index (χ3v) is 4.21. The summed E-state index contributed by atoms with van der Waals surface area (Å²) in [4.78, 5) is 11.6. The molecule has 0 heterocycles. The molecule has 0 saturated heterocycles. The largest absolute Gasteiger partial charge is 0.488 e. The number of aryl methyl sites for hydroxylation is 1. The fourth-order valence-corrected chi connectivity index (χ4v) is 2.66. The normalized spacial score (nSPS) is 12.0. The van der Waals surface area contributed by atoms with Crippen LogP contribution in [0, 0.1) is 0 Å². The first-order chi connectivity index (χ1) is 13.5. The van der Waals surface area contributed by atoms with E-state index in [1.165, 1.54) is 19.1 Å². The molecule has 0 aliphatic rings. The molecule has 2 aromatic rings. The standard InChI is InChI=1S/C20H19F6NO2/c1-3-12-8-9-17(15(10-12)20(24,25)26)29-11-13-14(19(21,22)23)6-5-7-16(13)27-18(28)4-2/h5-10H,3-4,11H2,1-2H3,(H,27,28). The Balaban J connectivity index is 2.45. The predicted molar refractivity (Wildman–Crippen MR) is 95.5 cm³/mol. The van der Waals surface area contributed by atoms with Crippen molar-refractivity contribution in [1.82, 2.24) is 0 Å². The first kappa shape index (κ1) is 22.6. The summed E-state index contributed by atoms with van der Waals surface area (Å²) < 4.78 is 85.4. The molecule has 0 aliphatic heterocycles. The zero-order valence-corrected chi connectivity index (χ0v) is 15.7. The minimum atomic E-state index is -4.77. The van der Waals surface area contributed by atoms with Crippen LogP contribution in [0.2, 0.25) is 0 Å². The number of alkyl halides is 6. The molecule has 158 valence electrons. The summed E-state index contributed by atoms with van der Waals surface area (Å²) in [6.07, 6.45) is -9.13. The average Bonchev–Trinajstić information content (AvgIpc) is 2.65. The van der Waals surface area contributed by atoms with Gasteiger partial charge in [-0.15, -0.1) is 0 Å². The molecule has 1 amide bonds. The SMILES string of the molecule is CCC(=O)Nc1cccc(C(F)(F)F)c1COc1ccc(CC)cc1C(F)(F)F. The second kappa shape index (κ2) is 8.75. The molecule has 2 rings (SSSR count). The Morgan fingerprint density at radius 1 is 0.966 bits per heavy atom. The number of hydrogen-bond donors (Lipinski definition) is 1. The van der Waals surface area contributed by atoms with Crippen LogP contribution in [0.5, 0.6) is 5.75 Å². The predicted octanol–water partition coefficient (Wildman–Crippen LogP) is 6.21. The van der Waals surface area contributed by atoms with E-state index in [0.29, 0.717) is 12.0 Å². The molecule has 3 nitrogen and oxygen atoms in total. The maximum Gasteiger partial charge on any atom is 0.419 e. The van der Waals surface area contributed by atoms with Gasteiger partial charge in [-0.25, -0.2) is 0 Å². The second-order valence-corrected chi connectivity index (χ2v) is 6.20. The van der Waals surface area contributed by atoms with E-state index < -0.39 is 47.3 Å². The van der Waals surface area contributed by atoms with Crippen LogP contribution in [-0.4, -0.2) is 5.91 Å². The molecule has 0 aliphatic carbocycles. The first-order valence-corrected chi connectivity index (χ1v) is 8.79.